The third-order valence-corrected chi connectivity index (χ3v) is 4.51. The number of hydrogen-bond acceptors (Lipinski definition) is 1. The van der Waals surface area contributed by atoms with Gasteiger partial charge < -0.3 is 5.32 Å². The first kappa shape index (κ1) is 13.4. The van der Waals surface area contributed by atoms with Crippen LogP contribution in [0, 0.1) is 5.92 Å². The highest BCUT2D eigenvalue weighted by molar-refractivity contribution is 9.10. The number of hydrogen-bond donors (Lipinski definition) is 1. The fourth-order valence-electron chi connectivity index (χ4n) is 2.51. The van der Waals surface area contributed by atoms with E-state index in [1.165, 1.54) is 31.2 Å². The average molecular weight is 317 g/mol. The van der Waals surface area contributed by atoms with Gasteiger partial charge in [0.15, 0.2) is 0 Å². The molecular formula is C14H19BrClN. The number of rotatable bonds is 4. The summed E-state index contributed by atoms with van der Waals surface area (Å²) in [7, 11) is 0. The predicted molar refractivity (Wildman–Crippen MR) is 77.4 cm³/mol. The number of nitrogens with one attached hydrogen (secondary N) is 1. The van der Waals surface area contributed by atoms with Crippen LogP contribution in [0.5, 0.6) is 0 Å². The summed E-state index contributed by atoms with van der Waals surface area (Å²) in [5, 5.41) is 3.66. The van der Waals surface area contributed by atoms with Gasteiger partial charge in [-0.05, 0) is 36.5 Å². The van der Waals surface area contributed by atoms with Gasteiger partial charge in [-0.3, -0.25) is 0 Å². The molecule has 1 aliphatic rings. The molecule has 0 amide bonds. The predicted octanol–water partition coefficient (Wildman–Crippen LogP) is 4.34. The van der Waals surface area contributed by atoms with E-state index in [0.717, 1.165) is 16.9 Å². The van der Waals surface area contributed by atoms with Gasteiger partial charge in [-0.25, -0.2) is 0 Å². The Balaban J connectivity index is 1.86. The van der Waals surface area contributed by atoms with E-state index >= 15 is 0 Å². The van der Waals surface area contributed by atoms with Crippen LogP contribution in [0.4, 0.5) is 0 Å². The van der Waals surface area contributed by atoms with E-state index < -0.39 is 0 Å². The minimum atomic E-state index is 0.602. The first-order valence-electron chi connectivity index (χ1n) is 6.33. The highest BCUT2D eigenvalue weighted by Crippen LogP contribution is 2.25. The molecule has 0 heterocycles. The van der Waals surface area contributed by atoms with E-state index in [-0.39, 0.29) is 0 Å². The maximum atomic E-state index is 6.03. The van der Waals surface area contributed by atoms with Crippen LogP contribution in [-0.4, -0.2) is 11.9 Å². The van der Waals surface area contributed by atoms with Crippen LogP contribution in [-0.2, 0) is 6.54 Å². The van der Waals surface area contributed by atoms with E-state index in [4.69, 9.17) is 11.6 Å². The lowest BCUT2D eigenvalue weighted by Crippen LogP contribution is -2.38. The zero-order valence-corrected chi connectivity index (χ0v) is 12.3. The molecule has 2 rings (SSSR count). The summed E-state index contributed by atoms with van der Waals surface area (Å²) < 4.78 is 1.14. The maximum Gasteiger partial charge on any atom is 0.0266 e. The highest BCUT2D eigenvalue weighted by atomic mass is 79.9. The first-order chi connectivity index (χ1) is 8.29. The van der Waals surface area contributed by atoms with Gasteiger partial charge in [0.2, 0.25) is 0 Å². The second-order valence-electron chi connectivity index (χ2n) is 4.81. The van der Waals surface area contributed by atoms with Crippen molar-refractivity contribution in [2.45, 2.75) is 38.3 Å². The molecule has 0 aliphatic heterocycles. The molecule has 2 atom stereocenters. The van der Waals surface area contributed by atoms with Crippen molar-refractivity contribution in [2.24, 2.45) is 5.92 Å². The quantitative estimate of drug-likeness (QED) is 0.815. The topological polar surface area (TPSA) is 12.0 Å². The molecule has 0 saturated heterocycles. The summed E-state index contributed by atoms with van der Waals surface area (Å²) in [6.45, 7) is 0.950. The van der Waals surface area contributed by atoms with Crippen LogP contribution in [0.25, 0.3) is 0 Å². The lowest BCUT2D eigenvalue weighted by molar-refractivity contribution is 0.282. The van der Waals surface area contributed by atoms with Crippen LogP contribution >= 0.6 is 27.5 Å². The van der Waals surface area contributed by atoms with Crippen molar-refractivity contribution in [2.75, 3.05) is 5.88 Å². The molecule has 1 nitrogen and oxygen atoms in total. The number of alkyl halides is 1. The van der Waals surface area contributed by atoms with Crippen molar-refractivity contribution < 1.29 is 0 Å². The van der Waals surface area contributed by atoms with E-state index in [0.29, 0.717) is 12.0 Å². The second-order valence-corrected chi connectivity index (χ2v) is 6.04. The standard InChI is InChI=1S/C14H19BrClN/c15-13-7-5-11(6-8-13)10-17-14-4-2-1-3-12(14)9-16/h5-8,12,14,17H,1-4,9-10H2. The van der Waals surface area contributed by atoms with Crippen LogP contribution in [0.2, 0.25) is 0 Å². The molecule has 3 heteroatoms. The van der Waals surface area contributed by atoms with Crippen molar-refractivity contribution in [1.29, 1.82) is 0 Å². The Labute approximate surface area is 117 Å². The van der Waals surface area contributed by atoms with Crippen LogP contribution in [0.1, 0.15) is 31.2 Å². The Kier molecular flexibility index (Phi) is 5.33. The first-order valence-corrected chi connectivity index (χ1v) is 7.66. The monoisotopic (exact) mass is 315 g/mol. The average Bonchev–Trinajstić information content (AvgIpc) is 2.38. The molecule has 1 fully saturated rings. The fourth-order valence-corrected chi connectivity index (χ4v) is 3.15. The fraction of sp³-hybridized carbons (Fsp3) is 0.571. The van der Waals surface area contributed by atoms with Crippen molar-refractivity contribution in [3.05, 3.63) is 34.3 Å². The Morgan fingerprint density at radius 2 is 1.88 bits per heavy atom. The Morgan fingerprint density at radius 3 is 2.59 bits per heavy atom. The van der Waals surface area contributed by atoms with Gasteiger partial charge in [0.05, 0.1) is 0 Å². The van der Waals surface area contributed by atoms with Gasteiger partial charge in [-0.1, -0.05) is 40.9 Å². The maximum absolute atomic E-state index is 6.03. The lowest BCUT2D eigenvalue weighted by Gasteiger charge is -2.31. The molecule has 1 N–H and O–H groups in total. The summed E-state index contributed by atoms with van der Waals surface area (Å²) >= 11 is 9.49. The number of benzene rings is 1. The van der Waals surface area contributed by atoms with Gasteiger partial charge in [0, 0.05) is 22.9 Å². The Morgan fingerprint density at radius 1 is 1.18 bits per heavy atom. The normalized spacial score (nSPS) is 24.8. The third-order valence-electron chi connectivity index (χ3n) is 3.59. The molecule has 17 heavy (non-hydrogen) atoms. The second kappa shape index (κ2) is 6.77. The molecule has 0 aromatic heterocycles. The van der Waals surface area contributed by atoms with Gasteiger partial charge in [0.1, 0.15) is 0 Å². The smallest absolute Gasteiger partial charge is 0.0266 e. The van der Waals surface area contributed by atoms with Crippen molar-refractivity contribution in [3.8, 4) is 0 Å². The summed E-state index contributed by atoms with van der Waals surface area (Å²) in [5.41, 5.74) is 1.34. The van der Waals surface area contributed by atoms with Gasteiger partial charge >= 0.3 is 0 Å². The molecule has 1 aliphatic carbocycles. The minimum Gasteiger partial charge on any atom is -0.310 e. The molecule has 1 saturated carbocycles. The van der Waals surface area contributed by atoms with Gasteiger partial charge in [0.25, 0.3) is 0 Å². The molecule has 0 spiro atoms. The van der Waals surface area contributed by atoms with E-state index in [1.54, 1.807) is 0 Å². The summed E-state index contributed by atoms with van der Waals surface area (Å²) in [4.78, 5) is 0. The van der Waals surface area contributed by atoms with Gasteiger partial charge in [-0.15, -0.1) is 11.6 Å². The van der Waals surface area contributed by atoms with Crippen molar-refractivity contribution in [3.63, 3.8) is 0 Å². The SMILES string of the molecule is ClCC1CCCCC1NCc1ccc(Br)cc1. The van der Waals surface area contributed by atoms with Crippen LogP contribution < -0.4 is 5.32 Å². The Hall–Kier alpha value is -0.0500. The third kappa shape index (κ3) is 3.97. The summed E-state index contributed by atoms with van der Waals surface area (Å²) in [5.74, 6) is 1.44. The van der Waals surface area contributed by atoms with E-state index in [2.05, 4.69) is 45.5 Å². The lowest BCUT2D eigenvalue weighted by atomic mass is 9.85. The largest absolute Gasteiger partial charge is 0.310 e. The van der Waals surface area contributed by atoms with Crippen molar-refractivity contribution >= 4 is 27.5 Å². The zero-order chi connectivity index (χ0) is 12.1. The molecule has 2 unspecified atom stereocenters. The molecule has 1 aromatic rings. The van der Waals surface area contributed by atoms with Gasteiger partial charge in [-0.2, -0.15) is 0 Å². The molecule has 1 aromatic carbocycles. The van der Waals surface area contributed by atoms with E-state index in [1.807, 2.05) is 0 Å². The summed E-state index contributed by atoms with van der Waals surface area (Å²) in [6.07, 6.45) is 5.23. The van der Waals surface area contributed by atoms with E-state index in [9.17, 15) is 0 Å². The zero-order valence-electron chi connectivity index (χ0n) is 9.96. The Bertz CT molecular complexity index is 339. The summed E-state index contributed by atoms with van der Waals surface area (Å²) in [6, 6.07) is 9.11. The van der Waals surface area contributed by atoms with Crippen molar-refractivity contribution in [1.82, 2.24) is 5.32 Å². The van der Waals surface area contributed by atoms with Crippen LogP contribution in [0.3, 0.4) is 0 Å². The molecule has 0 bridgehead atoms. The van der Waals surface area contributed by atoms with Crippen LogP contribution in [0.15, 0.2) is 28.7 Å². The molecular weight excluding hydrogens is 298 g/mol. The minimum absolute atomic E-state index is 0.602. The number of halogens is 2. The molecule has 0 radical (unpaired) electrons. The molecule has 94 valence electrons. The highest BCUT2D eigenvalue weighted by Gasteiger charge is 2.23.